The summed E-state index contributed by atoms with van der Waals surface area (Å²) in [5.74, 6) is 0. The quantitative estimate of drug-likeness (QED) is 0.183. The maximum Gasteiger partial charge on any atom is 0.0991 e. The SMILES string of the molecule is N#Cc1ccc(-n2c3ccccc3c3c2ccc2c4ccccc4n(-c4ccccc4)c23)c(-c2ccccc2-n2c3ccccc3c3ccccc32)c1. The molecule has 53 heavy (non-hydrogen) atoms. The van der Waals surface area contributed by atoms with Crippen molar-refractivity contribution in [3.8, 4) is 34.3 Å². The molecular formula is C49H30N4. The fraction of sp³-hybridized carbons (Fsp3) is 0. The summed E-state index contributed by atoms with van der Waals surface area (Å²) in [6, 6.07) is 67.0. The summed E-state index contributed by atoms with van der Waals surface area (Å²) >= 11 is 0. The van der Waals surface area contributed by atoms with E-state index in [0.29, 0.717) is 5.56 Å². The average Bonchev–Trinajstić information content (AvgIpc) is 3.87. The zero-order valence-electron chi connectivity index (χ0n) is 28.6. The molecule has 3 aromatic heterocycles. The van der Waals surface area contributed by atoms with Crippen LogP contribution in [-0.4, -0.2) is 13.7 Å². The lowest BCUT2D eigenvalue weighted by molar-refractivity contribution is 1.16. The molecule has 0 N–H and O–H groups in total. The maximum atomic E-state index is 10.3. The third-order valence-corrected chi connectivity index (χ3v) is 10.9. The van der Waals surface area contributed by atoms with Gasteiger partial charge >= 0.3 is 0 Å². The number of hydrogen-bond donors (Lipinski definition) is 0. The summed E-state index contributed by atoms with van der Waals surface area (Å²) < 4.78 is 7.19. The van der Waals surface area contributed by atoms with Gasteiger partial charge in [-0.05, 0) is 66.7 Å². The van der Waals surface area contributed by atoms with Gasteiger partial charge in [0.25, 0.3) is 0 Å². The zero-order valence-corrected chi connectivity index (χ0v) is 28.6. The summed E-state index contributed by atoms with van der Waals surface area (Å²) in [5, 5.41) is 17.5. The molecule has 11 aromatic rings. The van der Waals surface area contributed by atoms with Crippen LogP contribution in [-0.2, 0) is 0 Å². The van der Waals surface area contributed by atoms with Crippen molar-refractivity contribution in [3.05, 3.63) is 188 Å². The lowest BCUT2D eigenvalue weighted by Gasteiger charge is -2.19. The Balaban J connectivity index is 1.27. The Morgan fingerprint density at radius 3 is 1.55 bits per heavy atom. The molecule has 0 aliphatic heterocycles. The van der Waals surface area contributed by atoms with Crippen molar-refractivity contribution in [2.24, 2.45) is 0 Å². The summed E-state index contributed by atoms with van der Waals surface area (Å²) in [7, 11) is 0. The van der Waals surface area contributed by atoms with E-state index in [1.807, 2.05) is 6.07 Å². The molecule has 0 unspecified atom stereocenters. The lowest BCUT2D eigenvalue weighted by Crippen LogP contribution is -2.02. The molecule has 0 atom stereocenters. The second-order valence-electron chi connectivity index (χ2n) is 13.6. The molecule has 0 fully saturated rings. The van der Waals surface area contributed by atoms with Crippen LogP contribution in [0.1, 0.15) is 5.56 Å². The maximum absolute atomic E-state index is 10.3. The van der Waals surface area contributed by atoms with Crippen LogP contribution in [0.4, 0.5) is 0 Å². The number of nitriles is 1. The zero-order chi connectivity index (χ0) is 35.0. The second kappa shape index (κ2) is 11.3. The number of aromatic nitrogens is 3. The van der Waals surface area contributed by atoms with Gasteiger partial charge in [-0.3, -0.25) is 0 Å². The predicted molar refractivity (Wildman–Crippen MR) is 220 cm³/mol. The molecule has 0 spiro atoms. The molecule has 0 bridgehead atoms. The van der Waals surface area contributed by atoms with Gasteiger partial charge in [0.1, 0.15) is 0 Å². The summed E-state index contributed by atoms with van der Waals surface area (Å²) in [6.45, 7) is 0. The van der Waals surface area contributed by atoms with Crippen molar-refractivity contribution >= 4 is 65.4 Å². The van der Waals surface area contributed by atoms with Gasteiger partial charge in [-0.2, -0.15) is 5.26 Å². The van der Waals surface area contributed by atoms with Crippen molar-refractivity contribution in [1.29, 1.82) is 5.26 Å². The minimum atomic E-state index is 0.619. The summed E-state index contributed by atoms with van der Waals surface area (Å²) in [6.07, 6.45) is 0. The third-order valence-electron chi connectivity index (χ3n) is 10.9. The first-order valence-electron chi connectivity index (χ1n) is 17.9. The molecule has 246 valence electrons. The number of hydrogen-bond acceptors (Lipinski definition) is 1. The van der Waals surface area contributed by atoms with Crippen molar-refractivity contribution in [2.45, 2.75) is 0 Å². The van der Waals surface area contributed by atoms with Crippen molar-refractivity contribution in [2.75, 3.05) is 0 Å². The molecular weight excluding hydrogens is 645 g/mol. The normalized spacial score (nSPS) is 11.8. The highest BCUT2D eigenvalue weighted by molar-refractivity contribution is 6.26. The largest absolute Gasteiger partial charge is 0.309 e. The van der Waals surface area contributed by atoms with E-state index in [1.165, 1.54) is 43.4 Å². The molecule has 8 aromatic carbocycles. The highest BCUT2D eigenvalue weighted by atomic mass is 15.0. The number of para-hydroxylation sites is 6. The standard InChI is InChI=1S/C49H30N4/c50-31-32-26-28-46(40(30-32)37-19-7-12-24-44(37)52-42-22-10-4-16-34(42)35-17-5-11-23-43(35)52)53-45-25-13-8-20-39(45)48-47(53)29-27-38-36-18-6-9-21-41(36)51(49(38)48)33-14-2-1-3-15-33/h1-30H. The Bertz CT molecular complexity index is 3240. The molecule has 0 aliphatic carbocycles. The van der Waals surface area contributed by atoms with E-state index in [9.17, 15) is 5.26 Å². The molecule has 4 nitrogen and oxygen atoms in total. The van der Waals surface area contributed by atoms with E-state index in [4.69, 9.17) is 0 Å². The topological polar surface area (TPSA) is 38.6 Å². The van der Waals surface area contributed by atoms with Gasteiger partial charge in [-0.15, -0.1) is 0 Å². The Labute approximate surface area is 305 Å². The number of rotatable bonds is 4. The van der Waals surface area contributed by atoms with E-state index in [0.717, 1.165) is 50.3 Å². The Kier molecular flexibility index (Phi) is 6.28. The Morgan fingerprint density at radius 2 is 0.868 bits per heavy atom. The van der Waals surface area contributed by atoms with E-state index in [2.05, 4.69) is 196 Å². The highest BCUT2D eigenvalue weighted by Crippen LogP contribution is 2.44. The Morgan fingerprint density at radius 1 is 0.358 bits per heavy atom. The average molecular weight is 675 g/mol. The molecule has 11 rings (SSSR count). The van der Waals surface area contributed by atoms with Crippen LogP contribution >= 0.6 is 0 Å². The van der Waals surface area contributed by atoms with E-state index in [1.54, 1.807) is 0 Å². The lowest BCUT2D eigenvalue weighted by atomic mass is 9.98. The fourth-order valence-corrected chi connectivity index (χ4v) is 8.71. The van der Waals surface area contributed by atoms with Crippen LogP contribution in [0.3, 0.4) is 0 Å². The van der Waals surface area contributed by atoms with E-state index < -0.39 is 0 Å². The van der Waals surface area contributed by atoms with Gasteiger partial charge in [0, 0.05) is 49.1 Å². The summed E-state index contributed by atoms with van der Waals surface area (Å²) in [5.41, 5.74) is 12.7. The van der Waals surface area contributed by atoms with Crippen molar-refractivity contribution in [1.82, 2.24) is 13.7 Å². The number of nitrogens with zero attached hydrogens (tertiary/aromatic N) is 4. The smallest absolute Gasteiger partial charge is 0.0991 e. The van der Waals surface area contributed by atoms with Crippen molar-refractivity contribution in [3.63, 3.8) is 0 Å². The van der Waals surface area contributed by atoms with E-state index in [-0.39, 0.29) is 0 Å². The van der Waals surface area contributed by atoms with Crippen LogP contribution < -0.4 is 0 Å². The fourth-order valence-electron chi connectivity index (χ4n) is 8.71. The first-order valence-corrected chi connectivity index (χ1v) is 17.9. The minimum absolute atomic E-state index is 0.619. The molecule has 3 heterocycles. The van der Waals surface area contributed by atoms with Gasteiger partial charge in [0.15, 0.2) is 0 Å². The van der Waals surface area contributed by atoms with Gasteiger partial charge in [0.05, 0.1) is 56.1 Å². The number of benzene rings is 8. The van der Waals surface area contributed by atoms with Gasteiger partial charge < -0.3 is 13.7 Å². The van der Waals surface area contributed by atoms with Crippen LogP contribution in [0.5, 0.6) is 0 Å². The van der Waals surface area contributed by atoms with Crippen LogP contribution in [0.15, 0.2) is 182 Å². The van der Waals surface area contributed by atoms with E-state index >= 15 is 0 Å². The van der Waals surface area contributed by atoms with Crippen molar-refractivity contribution < 1.29 is 0 Å². The van der Waals surface area contributed by atoms with Crippen LogP contribution in [0.25, 0.3) is 93.6 Å². The van der Waals surface area contributed by atoms with Crippen LogP contribution in [0, 0.1) is 11.3 Å². The van der Waals surface area contributed by atoms with Gasteiger partial charge in [0.2, 0.25) is 0 Å². The first kappa shape index (κ1) is 29.4. The number of fused-ring (bicyclic) bond motifs is 10. The predicted octanol–water partition coefficient (Wildman–Crippen LogP) is 12.5. The van der Waals surface area contributed by atoms with Gasteiger partial charge in [-0.1, -0.05) is 115 Å². The molecule has 0 radical (unpaired) electrons. The molecule has 0 saturated carbocycles. The third kappa shape index (κ3) is 4.16. The second-order valence-corrected chi connectivity index (χ2v) is 13.6. The van der Waals surface area contributed by atoms with Gasteiger partial charge in [-0.25, -0.2) is 0 Å². The monoisotopic (exact) mass is 674 g/mol. The summed E-state index contributed by atoms with van der Waals surface area (Å²) in [4.78, 5) is 0. The molecule has 0 saturated heterocycles. The Hall–Kier alpha value is -7.35. The molecule has 0 aliphatic rings. The highest BCUT2D eigenvalue weighted by Gasteiger charge is 2.23. The minimum Gasteiger partial charge on any atom is -0.309 e. The molecule has 4 heteroatoms. The van der Waals surface area contributed by atoms with Crippen LogP contribution in [0.2, 0.25) is 0 Å². The first-order chi connectivity index (χ1) is 26.3. The molecule has 0 amide bonds.